The van der Waals surface area contributed by atoms with Gasteiger partial charge in [0.05, 0.1) is 11.4 Å². The molecule has 22 heavy (non-hydrogen) atoms. The zero-order valence-electron chi connectivity index (χ0n) is 11.2. The van der Waals surface area contributed by atoms with Crippen LogP contribution in [-0.4, -0.2) is 20.7 Å². The third-order valence-electron chi connectivity index (χ3n) is 2.99. The number of carbonyl (C=O) groups excluding carboxylic acids is 1. The highest BCUT2D eigenvalue weighted by Crippen LogP contribution is 2.16. The second kappa shape index (κ2) is 5.72. The Balaban J connectivity index is 1.77. The van der Waals surface area contributed by atoms with Gasteiger partial charge in [-0.3, -0.25) is 4.79 Å². The summed E-state index contributed by atoms with van der Waals surface area (Å²) in [5.41, 5.74) is 1.00. The van der Waals surface area contributed by atoms with Crippen LogP contribution in [0.2, 0.25) is 0 Å². The Morgan fingerprint density at radius 1 is 1.09 bits per heavy atom. The fourth-order valence-electron chi connectivity index (χ4n) is 1.89. The second-order valence-electron chi connectivity index (χ2n) is 4.47. The first-order valence-corrected chi connectivity index (χ1v) is 6.35. The van der Waals surface area contributed by atoms with Gasteiger partial charge in [-0.25, -0.2) is 18.4 Å². The molecule has 5 nitrogen and oxygen atoms in total. The van der Waals surface area contributed by atoms with Crippen LogP contribution in [0.25, 0.3) is 5.69 Å². The third-order valence-corrected chi connectivity index (χ3v) is 2.99. The summed E-state index contributed by atoms with van der Waals surface area (Å²) in [5, 5.41) is 6.36. The van der Waals surface area contributed by atoms with Gasteiger partial charge < -0.3 is 5.32 Å². The summed E-state index contributed by atoms with van der Waals surface area (Å²) in [5.74, 6) is -2.02. The molecule has 0 unspecified atom stereocenters. The summed E-state index contributed by atoms with van der Waals surface area (Å²) in [6.45, 7) is 0. The molecule has 0 aliphatic rings. The van der Waals surface area contributed by atoms with Gasteiger partial charge in [0.15, 0.2) is 0 Å². The number of amides is 1. The Kier molecular flexibility index (Phi) is 3.61. The SMILES string of the molecule is O=C(Nc1ccc(F)cc1F)c1ccc(-n2cncn2)cc1. The lowest BCUT2D eigenvalue weighted by atomic mass is 10.2. The lowest BCUT2D eigenvalue weighted by Crippen LogP contribution is -2.13. The lowest BCUT2D eigenvalue weighted by molar-refractivity contribution is 0.102. The number of hydrogen-bond acceptors (Lipinski definition) is 3. The van der Waals surface area contributed by atoms with Gasteiger partial charge in [-0.1, -0.05) is 0 Å². The number of nitrogens with zero attached hydrogens (tertiary/aromatic N) is 3. The van der Waals surface area contributed by atoms with Gasteiger partial charge in [0.1, 0.15) is 24.3 Å². The van der Waals surface area contributed by atoms with E-state index in [4.69, 9.17) is 0 Å². The first-order chi connectivity index (χ1) is 10.6. The van der Waals surface area contributed by atoms with Crippen LogP contribution in [0, 0.1) is 11.6 Å². The van der Waals surface area contributed by atoms with E-state index < -0.39 is 17.5 Å². The zero-order valence-corrected chi connectivity index (χ0v) is 11.2. The molecule has 3 aromatic rings. The first kappa shape index (κ1) is 13.9. The Morgan fingerprint density at radius 3 is 2.50 bits per heavy atom. The van der Waals surface area contributed by atoms with Crippen LogP contribution in [0.5, 0.6) is 0 Å². The molecular formula is C15H10F2N4O. The summed E-state index contributed by atoms with van der Waals surface area (Å²) in [4.78, 5) is 15.9. The quantitative estimate of drug-likeness (QED) is 0.809. The van der Waals surface area contributed by atoms with Crippen molar-refractivity contribution in [3.8, 4) is 5.69 Å². The minimum Gasteiger partial charge on any atom is -0.319 e. The molecule has 110 valence electrons. The van der Waals surface area contributed by atoms with Crippen molar-refractivity contribution < 1.29 is 13.6 Å². The first-order valence-electron chi connectivity index (χ1n) is 6.35. The molecule has 0 atom stereocenters. The van der Waals surface area contributed by atoms with Crippen LogP contribution < -0.4 is 5.32 Å². The van der Waals surface area contributed by atoms with Crippen molar-refractivity contribution in [2.75, 3.05) is 5.32 Å². The molecule has 2 aromatic carbocycles. The molecule has 0 fully saturated rings. The molecule has 0 aliphatic carbocycles. The number of aromatic nitrogens is 3. The van der Waals surface area contributed by atoms with Gasteiger partial charge in [0.2, 0.25) is 0 Å². The van der Waals surface area contributed by atoms with E-state index in [2.05, 4.69) is 15.4 Å². The molecule has 7 heteroatoms. The third kappa shape index (κ3) is 2.83. The van der Waals surface area contributed by atoms with Crippen molar-refractivity contribution in [2.24, 2.45) is 0 Å². The molecular weight excluding hydrogens is 290 g/mol. The second-order valence-corrected chi connectivity index (χ2v) is 4.47. The summed E-state index contributed by atoms with van der Waals surface area (Å²) in [6.07, 6.45) is 2.93. The van der Waals surface area contributed by atoms with E-state index >= 15 is 0 Å². The largest absolute Gasteiger partial charge is 0.319 e. The van der Waals surface area contributed by atoms with Crippen LogP contribution in [0.15, 0.2) is 55.1 Å². The summed E-state index contributed by atoms with van der Waals surface area (Å²) >= 11 is 0. The highest BCUT2D eigenvalue weighted by atomic mass is 19.1. The fourth-order valence-corrected chi connectivity index (χ4v) is 1.89. The monoisotopic (exact) mass is 300 g/mol. The van der Waals surface area contributed by atoms with Crippen molar-refractivity contribution >= 4 is 11.6 Å². The van der Waals surface area contributed by atoms with Crippen LogP contribution in [0.3, 0.4) is 0 Å². The number of halogens is 2. The maximum atomic E-state index is 13.5. The average Bonchev–Trinajstić information content (AvgIpc) is 3.04. The average molecular weight is 300 g/mol. The number of hydrogen-bond donors (Lipinski definition) is 1. The van der Waals surface area contributed by atoms with Crippen LogP contribution in [-0.2, 0) is 0 Å². The maximum absolute atomic E-state index is 13.5. The number of anilines is 1. The standard InChI is InChI=1S/C15H10F2N4O/c16-11-3-6-14(13(17)7-11)20-15(22)10-1-4-12(5-2-10)21-9-18-8-19-21/h1-9H,(H,20,22). The molecule has 1 N–H and O–H groups in total. The van der Waals surface area contributed by atoms with E-state index in [-0.39, 0.29) is 5.69 Å². The van der Waals surface area contributed by atoms with Gasteiger partial charge >= 0.3 is 0 Å². The molecule has 0 aliphatic heterocycles. The van der Waals surface area contributed by atoms with Crippen molar-refractivity contribution in [1.82, 2.24) is 14.8 Å². The predicted octanol–water partition coefficient (Wildman–Crippen LogP) is 2.80. The molecule has 0 spiro atoms. The molecule has 0 radical (unpaired) electrons. The summed E-state index contributed by atoms with van der Waals surface area (Å²) < 4.78 is 27.9. The maximum Gasteiger partial charge on any atom is 0.255 e. The summed E-state index contributed by atoms with van der Waals surface area (Å²) in [7, 11) is 0. The molecule has 3 rings (SSSR count). The van der Waals surface area contributed by atoms with Gasteiger partial charge in [-0.15, -0.1) is 0 Å². The molecule has 0 saturated heterocycles. The van der Waals surface area contributed by atoms with Gasteiger partial charge in [0.25, 0.3) is 5.91 Å². The predicted molar refractivity (Wildman–Crippen MR) is 75.7 cm³/mol. The number of rotatable bonds is 3. The minimum atomic E-state index is -0.826. The fraction of sp³-hybridized carbons (Fsp3) is 0. The Bertz CT molecular complexity index is 801. The zero-order chi connectivity index (χ0) is 15.5. The Morgan fingerprint density at radius 2 is 1.86 bits per heavy atom. The topological polar surface area (TPSA) is 59.8 Å². The van der Waals surface area contributed by atoms with Gasteiger partial charge in [-0.2, -0.15) is 5.10 Å². The van der Waals surface area contributed by atoms with Crippen molar-refractivity contribution in [1.29, 1.82) is 0 Å². The normalized spacial score (nSPS) is 10.5. The molecule has 1 aromatic heterocycles. The Hall–Kier alpha value is -3.09. The molecule has 0 bridgehead atoms. The van der Waals surface area contributed by atoms with Crippen molar-refractivity contribution in [3.63, 3.8) is 0 Å². The lowest BCUT2D eigenvalue weighted by Gasteiger charge is -2.07. The minimum absolute atomic E-state index is 0.0771. The van der Waals surface area contributed by atoms with Crippen molar-refractivity contribution in [3.05, 3.63) is 72.3 Å². The number of carbonyl (C=O) groups is 1. The van der Waals surface area contributed by atoms with E-state index in [1.165, 1.54) is 18.7 Å². The van der Waals surface area contributed by atoms with E-state index in [0.717, 1.165) is 11.8 Å². The van der Waals surface area contributed by atoms with Crippen LogP contribution in [0.4, 0.5) is 14.5 Å². The molecule has 1 heterocycles. The molecule has 1 amide bonds. The molecule has 0 saturated carbocycles. The van der Waals surface area contributed by atoms with E-state index in [0.29, 0.717) is 11.6 Å². The van der Waals surface area contributed by atoms with Gasteiger partial charge in [0, 0.05) is 11.6 Å². The smallest absolute Gasteiger partial charge is 0.255 e. The van der Waals surface area contributed by atoms with E-state index in [1.807, 2.05) is 0 Å². The Labute approximate surface area is 124 Å². The van der Waals surface area contributed by atoms with Crippen LogP contribution in [0.1, 0.15) is 10.4 Å². The van der Waals surface area contributed by atoms with Crippen LogP contribution >= 0.6 is 0 Å². The number of benzene rings is 2. The number of nitrogens with one attached hydrogen (secondary N) is 1. The highest BCUT2D eigenvalue weighted by Gasteiger charge is 2.10. The van der Waals surface area contributed by atoms with Crippen molar-refractivity contribution in [2.45, 2.75) is 0 Å². The highest BCUT2D eigenvalue weighted by molar-refractivity contribution is 6.04. The van der Waals surface area contributed by atoms with E-state index in [1.54, 1.807) is 28.9 Å². The summed E-state index contributed by atoms with van der Waals surface area (Å²) in [6, 6.07) is 9.49. The van der Waals surface area contributed by atoms with Gasteiger partial charge in [-0.05, 0) is 36.4 Å². The van der Waals surface area contributed by atoms with E-state index in [9.17, 15) is 13.6 Å².